The van der Waals surface area contributed by atoms with Gasteiger partial charge in [0, 0.05) is 31.7 Å². The molecule has 3 fully saturated rings. The Morgan fingerprint density at radius 3 is 2.87 bits per heavy atom. The third-order valence-corrected chi connectivity index (χ3v) is 4.54. The average Bonchev–Trinajstić information content (AvgIpc) is 3.09. The van der Waals surface area contributed by atoms with E-state index in [9.17, 15) is 5.11 Å². The highest BCUT2D eigenvalue weighted by molar-refractivity contribution is 5.07. The van der Waals surface area contributed by atoms with Gasteiger partial charge >= 0.3 is 0 Å². The minimum atomic E-state index is 0.351. The van der Waals surface area contributed by atoms with Crippen molar-refractivity contribution in [2.75, 3.05) is 33.4 Å². The third kappa shape index (κ3) is 1.71. The Morgan fingerprint density at radius 1 is 1.47 bits per heavy atom. The maximum absolute atomic E-state index is 9.41. The van der Waals surface area contributed by atoms with Crippen LogP contribution in [-0.4, -0.2) is 49.5 Å². The summed E-state index contributed by atoms with van der Waals surface area (Å²) in [5.74, 6) is 1.72. The number of likely N-dealkylation sites (tertiary alicyclic amines) is 1. The van der Waals surface area contributed by atoms with E-state index in [1.165, 1.54) is 25.8 Å². The molecule has 1 N–H and O–H groups in total. The van der Waals surface area contributed by atoms with Crippen molar-refractivity contribution < 1.29 is 9.84 Å². The lowest BCUT2D eigenvalue weighted by Crippen LogP contribution is -2.40. The molecule has 15 heavy (non-hydrogen) atoms. The molecule has 0 radical (unpaired) electrons. The molecule has 3 nitrogen and oxygen atoms in total. The van der Waals surface area contributed by atoms with Crippen molar-refractivity contribution >= 4 is 0 Å². The second-order valence-electron chi connectivity index (χ2n) is 5.77. The number of methoxy groups -OCH3 is 1. The van der Waals surface area contributed by atoms with E-state index < -0.39 is 0 Å². The van der Waals surface area contributed by atoms with E-state index in [0.717, 1.165) is 25.0 Å². The molecular formula is C12H21NO2. The SMILES string of the molecule is COCC1(CN2CC3CC3C2CO)CC1. The highest BCUT2D eigenvalue weighted by atomic mass is 16.5. The number of rotatable bonds is 5. The van der Waals surface area contributed by atoms with Gasteiger partial charge in [-0.05, 0) is 31.1 Å². The molecule has 0 aromatic rings. The van der Waals surface area contributed by atoms with Crippen LogP contribution in [0, 0.1) is 17.3 Å². The maximum atomic E-state index is 9.41. The Kier molecular flexibility index (Phi) is 2.31. The monoisotopic (exact) mass is 211 g/mol. The van der Waals surface area contributed by atoms with Crippen LogP contribution in [0.2, 0.25) is 0 Å². The van der Waals surface area contributed by atoms with Gasteiger partial charge in [0.2, 0.25) is 0 Å². The number of piperidine rings is 1. The van der Waals surface area contributed by atoms with Crippen LogP contribution in [0.3, 0.4) is 0 Å². The Hall–Kier alpha value is -0.120. The molecule has 2 saturated carbocycles. The molecule has 0 aromatic carbocycles. The largest absolute Gasteiger partial charge is 0.395 e. The Morgan fingerprint density at radius 2 is 2.27 bits per heavy atom. The summed E-state index contributed by atoms with van der Waals surface area (Å²) < 4.78 is 5.30. The van der Waals surface area contributed by atoms with Gasteiger partial charge in [-0.25, -0.2) is 0 Å². The molecule has 1 saturated heterocycles. The number of hydrogen-bond donors (Lipinski definition) is 1. The number of nitrogens with zero attached hydrogens (tertiary/aromatic N) is 1. The molecule has 1 aliphatic heterocycles. The van der Waals surface area contributed by atoms with Crippen molar-refractivity contribution in [1.82, 2.24) is 4.90 Å². The molecule has 3 unspecified atom stereocenters. The first-order chi connectivity index (χ1) is 7.28. The Bertz CT molecular complexity index is 252. The zero-order chi connectivity index (χ0) is 10.5. The molecule has 3 atom stereocenters. The molecule has 2 aliphatic carbocycles. The van der Waals surface area contributed by atoms with Gasteiger partial charge in [0.15, 0.2) is 0 Å². The summed E-state index contributed by atoms with van der Waals surface area (Å²) in [6.07, 6.45) is 3.98. The molecule has 1 heterocycles. The lowest BCUT2D eigenvalue weighted by molar-refractivity contribution is 0.0765. The van der Waals surface area contributed by atoms with Crippen LogP contribution in [0.4, 0.5) is 0 Å². The van der Waals surface area contributed by atoms with Crippen molar-refractivity contribution in [1.29, 1.82) is 0 Å². The summed E-state index contributed by atoms with van der Waals surface area (Å²) in [4.78, 5) is 2.52. The molecule has 0 spiro atoms. The van der Waals surface area contributed by atoms with Gasteiger partial charge in [-0.1, -0.05) is 0 Å². The fraction of sp³-hybridized carbons (Fsp3) is 1.00. The van der Waals surface area contributed by atoms with Gasteiger partial charge in [-0.3, -0.25) is 4.90 Å². The van der Waals surface area contributed by atoms with E-state index >= 15 is 0 Å². The minimum Gasteiger partial charge on any atom is -0.395 e. The second kappa shape index (κ2) is 3.44. The van der Waals surface area contributed by atoms with Crippen molar-refractivity contribution in [3.63, 3.8) is 0 Å². The Labute approximate surface area is 91.4 Å². The first-order valence-corrected chi connectivity index (χ1v) is 6.12. The summed E-state index contributed by atoms with van der Waals surface area (Å²) in [6.45, 7) is 3.63. The number of ether oxygens (including phenoxy) is 1. The van der Waals surface area contributed by atoms with Crippen LogP contribution in [0.25, 0.3) is 0 Å². The summed E-state index contributed by atoms with van der Waals surface area (Å²) in [5, 5.41) is 9.41. The molecule has 0 bridgehead atoms. The lowest BCUT2D eigenvalue weighted by atomic mass is 10.1. The second-order valence-corrected chi connectivity index (χ2v) is 5.77. The zero-order valence-corrected chi connectivity index (χ0v) is 9.48. The van der Waals surface area contributed by atoms with Crippen molar-refractivity contribution in [3.8, 4) is 0 Å². The zero-order valence-electron chi connectivity index (χ0n) is 9.48. The van der Waals surface area contributed by atoms with Gasteiger partial charge in [0.25, 0.3) is 0 Å². The number of fused-ring (bicyclic) bond motifs is 1. The van der Waals surface area contributed by atoms with Crippen LogP contribution in [0.1, 0.15) is 19.3 Å². The van der Waals surface area contributed by atoms with Crippen LogP contribution in [0.15, 0.2) is 0 Å². The van der Waals surface area contributed by atoms with Crippen LogP contribution in [0.5, 0.6) is 0 Å². The van der Waals surface area contributed by atoms with E-state index in [-0.39, 0.29) is 0 Å². The average molecular weight is 211 g/mol. The van der Waals surface area contributed by atoms with Gasteiger partial charge in [-0.15, -0.1) is 0 Å². The fourth-order valence-electron chi connectivity index (χ4n) is 3.35. The molecule has 3 aliphatic rings. The van der Waals surface area contributed by atoms with E-state index in [2.05, 4.69) is 4.90 Å². The number of hydrogen-bond acceptors (Lipinski definition) is 3. The van der Waals surface area contributed by atoms with Gasteiger partial charge in [-0.2, -0.15) is 0 Å². The first-order valence-electron chi connectivity index (χ1n) is 6.12. The summed E-state index contributed by atoms with van der Waals surface area (Å²) >= 11 is 0. The molecule has 3 rings (SSSR count). The fourth-order valence-corrected chi connectivity index (χ4v) is 3.35. The van der Waals surface area contributed by atoms with E-state index in [4.69, 9.17) is 4.74 Å². The molecule has 0 amide bonds. The minimum absolute atomic E-state index is 0.351. The van der Waals surface area contributed by atoms with Crippen molar-refractivity contribution in [2.24, 2.45) is 17.3 Å². The summed E-state index contributed by atoms with van der Waals surface area (Å²) in [7, 11) is 1.80. The molecule has 3 heteroatoms. The van der Waals surface area contributed by atoms with Gasteiger partial charge in [0.05, 0.1) is 13.2 Å². The van der Waals surface area contributed by atoms with Crippen LogP contribution < -0.4 is 0 Å². The smallest absolute Gasteiger partial charge is 0.0589 e. The number of aliphatic hydroxyl groups is 1. The normalized spacial score (nSPS) is 41.6. The maximum Gasteiger partial charge on any atom is 0.0589 e. The molecule has 0 aromatic heterocycles. The number of aliphatic hydroxyl groups excluding tert-OH is 1. The first kappa shape index (κ1) is 10.1. The van der Waals surface area contributed by atoms with E-state index in [1.54, 1.807) is 7.11 Å². The molecule has 86 valence electrons. The van der Waals surface area contributed by atoms with Crippen molar-refractivity contribution in [3.05, 3.63) is 0 Å². The predicted molar refractivity (Wildman–Crippen MR) is 57.6 cm³/mol. The third-order valence-electron chi connectivity index (χ3n) is 4.54. The highest BCUT2D eigenvalue weighted by Crippen LogP contribution is 2.53. The predicted octanol–water partition coefficient (Wildman–Crippen LogP) is 0.726. The van der Waals surface area contributed by atoms with Crippen LogP contribution >= 0.6 is 0 Å². The highest BCUT2D eigenvalue weighted by Gasteiger charge is 2.55. The topological polar surface area (TPSA) is 32.7 Å². The standard InChI is InChI=1S/C12H21NO2/c1-15-8-12(2-3-12)7-13-5-9-4-10(9)11(13)6-14/h9-11,14H,2-8H2,1H3. The van der Waals surface area contributed by atoms with Gasteiger partial charge in [0.1, 0.15) is 0 Å². The molecular weight excluding hydrogens is 190 g/mol. The van der Waals surface area contributed by atoms with Gasteiger partial charge < -0.3 is 9.84 Å². The summed E-state index contributed by atoms with van der Waals surface area (Å²) in [5.41, 5.74) is 0.443. The van der Waals surface area contributed by atoms with Crippen LogP contribution in [-0.2, 0) is 4.74 Å². The summed E-state index contributed by atoms with van der Waals surface area (Å²) in [6, 6.07) is 0.462. The van der Waals surface area contributed by atoms with E-state index in [1.807, 2.05) is 0 Å². The quantitative estimate of drug-likeness (QED) is 0.727. The van der Waals surface area contributed by atoms with Crippen molar-refractivity contribution in [2.45, 2.75) is 25.3 Å². The lowest BCUT2D eigenvalue weighted by Gasteiger charge is -2.29. The van der Waals surface area contributed by atoms with E-state index in [0.29, 0.717) is 18.1 Å². The Balaban J connectivity index is 1.59.